The van der Waals surface area contributed by atoms with Gasteiger partial charge in [-0.05, 0) is 36.2 Å². The van der Waals surface area contributed by atoms with Gasteiger partial charge >= 0.3 is 0 Å². The molecular weight excluding hydrogens is 357 g/mol. The first-order valence-corrected chi connectivity index (χ1v) is 9.43. The highest BCUT2D eigenvalue weighted by Crippen LogP contribution is 2.13. The summed E-state index contributed by atoms with van der Waals surface area (Å²) in [5, 5.41) is 8.15. The number of hydrogen-bond donors (Lipinski definition) is 0. The number of hydrogen-bond acceptors (Lipinski definition) is 4. The van der Waals surface area contributed by atoms with Gasteiger partial charge in [0.25, 0.3) is 5.91 Å². The second-order valence-electron chi connectivity index (χ2n) is 6.93. The molecule has 1 saturated heterocycles. The lowest BCUT2D eigenvalue weighted by Gasteiger charge is -2.21. The summed E-state index contributed by atoms with van der Waals surface area (Å²) in [5.74, 6) is -0.314. The highest BCUT2D eigenvalue weighted by atomic mass is 19.1. The Bertz CT molecular complexity index is 925. The molecule has 2 aromatic carbocycles. The Morgan fingerprint density at radius 3 is 2.54 bits per heavy atom. The van der Waals surface area contributed by atoms with Crippen LogP contribution in [0, 0.1) is 5.82 Å². The summed E-state index contributed by atoms with van der Waals surface area (Å²) < 4.78 is 14.7. The second kappa shape index (κ2) is 8.31. The molecule has 1 aliphatic rings. The number of carbonyl (C=O) groups excluding carboxylic acids is 1. The van der Waals surface area contributed by atoms with Gasteiger partial charge in [0.15, 0.2) is 5.69 Å². The number of amides is 1. The molecule has 0 atom stereocenters. The van der Waals surface area contributed by atoms with E-state index >= 15 is 0 Å². The van der Waals surface area contributed by atoms with Crippen LogP contribution >= 0.6 is 0 Å². The molecule has 1 aliphatic heterocycles. The number of rotatable bonds is 4. The Kier molecular flexibility index (Phi) is 5.43. The maximum absolute atomic E-state index is 13.1. The SMILES string of the molecule is O=C(c1cn(-c2ccccc2)nn1)N1CCCN(Cc2ccc(F)cc2)CC1. The van der Waals surface area contributed by atoms with E-state index in [0.29, 0.717) is 18.8 Å². The summed E-state index contributed by atoms with van der Waals surface area (Å²) in [6, 6.07) is 16.2. The van der Waals surface area contributed by atoms with Crippen molar-refractivity contribution in [3.8, 4) is 5.69 Å². The van der Waals surface area contributed by atoms with E-state index in [4.69, 9.17) is 0 Å². The minimum absolute atomic E-state index is 0.0918. The smallest absolute Gasteiger partial charge is 0.276 e. The summed E-state index contributed by atoms with van der Waals surface area (Å²) >= 11 is 0. The molecule has 0 spiro atoms. The largest absolute Gasteiger partial charge is 0.336 e. The zero-order valence-corrected chi connectivity index (χ0v) is 15.5. The molecule has 144 valence electrons. The standard InChI is InChI=1S/C21H22FN5O/c22-18-9-7-17(8-10-18)15-25-11-4-12-26(14-13-25)21(28)20-16-27(24-23-20)19-5-2-1-3-6-19/h1-3,5-10,16H,4,11-15H2. The predicted molar refractivity (Wildman–Crippen MR) is 104 cm³/mol. The molecule has 0 aliphatic carbocycles. The van der Waals surface area contributed by atoms with Gasteiger partial charge in [-0.2, -0.15) is 0 Å². The third kappa shape index (κ3) is 4.26. The number of benzene rings is 2. The zero-order valence-electron chi connectivity index (χ0n) is 15.5. The van der Waals surface area contributed by atoms with Crippen molar-refractivity contribution >= 4 is 5.91 Å². The quantitative estimate of drug-likeness (QED) is 0.700. The molecule has 1 fully saturated rings. The van der Waals surface area contributed by atoms with E-state index in [1.165, 1.54) is 12.1 Å². The van der Waals surface area contributed by atoms with Crippen molar-refractivity contribution in [1.29, 1.82) is 0 Å². The lowest BCUT2D eigenvalue weighted by molar-refractivity contribution is 0.0755. The van der Waals surface area contributed by atoms with Crippen LogP contribution in [-0.2, 0) is 6.54 Å². The first-order chi connectivity index (χ1) is 13.7. The predicted octanol–water partition coefficient (Wildman–Crippen LogP) is 2.75. The zero-order chi connectivity index (χ0) is 19.3. The molecule has 4 rings (SSSR count). The molecular formula is C21H22FN5O. The van der Waals surface area contributed by atoms with Crippen LogP contribution in [0.5, 0.6) is 0 Å². The molecule has 0 saturated carbocycles. The van der Waals surface area contributed by atoms with E-state index in [9.17, 15) is 9.18 Å². The number of aromatic nitrogens is 3. The van der Waals surface area contributed by atoms with E-state index in [-0.39, 0.29) is 11.7 Å². The van der Waals surface area contributed by atoms with Gasteiger partial charge in [-0.3, -0.25) is 9.69 Å². The van der Waals surface area contributed by atoms with Gasteiger partial charge in [-0.1, -0.05) is 35.5 Å². The van der Waals surface area contributed by atoms with Crippen LogP contribution in [0.4, 0.5) is 4.39 Å². The lowest BCUT2D eigenvalue weighted by Crippen LogP contribution is -2.35. The van der Waals surface area contributed by atoms with Gasteiger partial charge in [-0.15, -0.1) is 5.10 Å². The molecule has 1 amide bonds. The maximum atomic E-state index is 13.1. The van der Waals surface area contributed by atoms with Crippen molar-refractivity contribution in [2.75, 3.05) is 26.2 Å². The fraction of sp³-hybridized carbons (Fsp3) is 0.286. The van der Waals surface area contributed by atoms with Crippen LogP contribution in [-0.4, -0.2) is 56.9 Å². The van der Waals surface area contributed by atoms with E-state index in [0.717, 1.165) is 37.3 Å². The molecule has 0 radical (unpaired) electrons. The second-order valence-corrected chi connectivity index (χ2v) is 6.93. The highest BCUT2D eigenvalue weighted by molar-refractivity contribution is 5.92. The van der Waals surface area contributed by atoms with Gasteiger partial charge in [0.2, 0.25) is 0 Å². The average Bonchev–Trinajstić information content (AvgIpc) is 3.11. The lowest BCUT2D eigenvalue weighted by atomic mass is 10.2. The first-order valence-electron chi connectivity index (χ1n) is 9.43. The minimum atomic E-state index is -0.222. The molecule has 7 heteroatoms. The van der Waals surface area contributed by atoms with Crippen molar-refractivity contribution in [3.05, 3.63) is 77.9 Å². The van der Waals surface area contributed by atoms with E-state index in [2.05, 4.69) is 15.2 Å². The molecule has 6 nitrogen and oxygen atoms in total. The number of nitrogens with zero attached hydrogens (tertiary/aromatic N) is 5. The molecule has 0 bridgehead atoms. The Hall–Kier alpha value is -3.06. The van der Waals surface area contributed by atoms with Crippen molar-refractivity contribution in [3.63, 3.8) is 0 Å². The average molecular weight is 379 g/mol. The Morgan fingerprint density at radius 2 is 1.75 bits per heavy atom. The van der Waals surface area contributed by atoms with Crippen LogP contribution in [0.15, 0.2) is 60.8 Å². The number of carbonyl (C=O) groups is 1. The monoisotopic (exact) mass is 379 g/mol. The Morgan fingerprint density at radius 1 is 0.964 bits per heavy atom. The van der Waals surface area contributed by atoms with E-state index < -0.39 is 0 Å². The number of para-hydroxylation sites is 1. The summed E-state index contributed by atoms with van der Waals surface area (Å²) in [7, 11) is 0. The highest BCUT2D eigenvalue weighted by Gasteiger charge is 2.22. The van der Waals surface area contributed by atoms with Crippen LogP contribution in [0.2, 0.25) is 0 Å². The van der Waals surface area contributed by atoms with Crippen LogP contribution < -0.4 is 0 Å². The normalized spacial score (nSPS) is 15.4. The van der Waals surface area contributed by atoms with Crippen LogP contribution in [0.25, 0.3) is 5.69 Å². The van der Waals surface area contributed by atoms with E-state index in [1.54, 1.807) is 10.9 Å². The van der Waals surface area contributed by atoms with E-state index in [1.807, 2.05) is 47.4 Å². The van der Waals surface area contributed by atoms with Crippen LogP contribution in [0.1, 0.15) is 22.5 Å². The van der Waals surface area contributed by atoms with Gasteiger partial charge in [0.05, 0.1) is 11.9 Å². The maximum Gasteiger partial charge on any atom is 0.276 e. The fourth-order valence-electron chi connectivity index (χ4n) is 3.41. The molecule has 1 aromatic heterocycles. The van der Waals surface area contributed by atoms with Gasteiger partial charge in [0.1, 0.15) is 5.82 Å². The van der Waals surface area contributed by atoms with Crippen molar-refractivity contribution in [1.82, 2.24) is 24.8 Å². The van der Waals surface area contributed by atoms with Crippen LogP contribution in [0.3, 0.4) is 0 Å². The van der Waals surface area contributed by atoms with Crippen molar-refractivity contribution in [2.45, 2.75) is 13.0 Å². The third-order valence-electron chi connectivity index (χ3n) is 4.93. The molecule has 0 N–H and O–H groups in total. The fourth-order valence-corrected chi connectivity index (χ4v) is 3.41. The van der Waals surface area contributed by atoms with Gasteiger partial charge < -0.3 is 4.90 Å². The molecule has 0 unspecified atom stereocenters. The molecule has 2 heterocycles. The van der Waals surface area contributed by atoms with Crippen molar-refractivity contribution in [2.24, 2.45) is 0 Å². The first kappa shape index (κ1) is 18.3. The molecule has 3 aromatic rings. The Balaban J connectivity index is 1.38. The Labute approximate surface area is 163 Å². The summed E-state index contributed by atoms with van der Waals surface area (Å²) in [4.78, 5) is 17.0. The minimum Gasteiger partial charge on any atom is -0.336 e. The van der Waals surface area contributed by atoms with Crippen molar-refractivity contribution < 1.29 is 9.18 Å². The summed E-state index contributed by atoms with van der Waals surface area (Å²) in [5.41, 5.74) is 2.30. The number of halogens is 1. The van der Waals surface area contributed by atoms with Gasteiger partial charge in [0, 0.05) is 32.7 Å². The van der Waals surface area contributed by atoms with Gasteiger partial charge in [-0.25, -0.2) is 9.07 Å². The third-order valence-corrected chi connectivity index (χ3v) is 4.93. The summed E-state index contributed by atoms with van der Waals surface area (Å²) in [6.07, 6.45) is 2.57. The molecule has 28 heavy (non-hydrogen) atoms. The summed E-state index contributed by atoms with van der Waals surface area (Å²) in [6.45, 7) is 3.76. The topological polar surface area (TPSA) is 54.3 Å².